The van der Waals surface area contributed by atoms with Crippen LogP contribution in [0.5, 0.6) is 0 Å². The van der Waals surface area contributed by atoms with Crippen LogP contribution >= 0.6 is 0 Å². The zero-order chi connectivity index (χ0) is 16.5. The summed E-state index contributed by atoms with van der Waals surface area (Å²) in [6.45, 7) is 5.61. The number of aryl methyl sites for hydroxylation is 1. The van der Waals surface area contributed by atoms with Gasteiger partial charge in [0.15, 0.2) is 0 Å². The number of imidazole rings is 1. The standard InChI is InChI=1S/C20H23N3O/c1-15-21-12-17(22(15)2)13-23-10-11-24-20(14-23)19-9-5-7-16-6-3-4-8-18(16)19/h3-9,12,20H,10-11,13-14H2,1-2H3. The Bertz CT molecular complexity index is 850. The lowest BCUT2D eigenvalue weighted by Crippen LogP contribution is -2.38. The molecule has 124 valence electrons. The second kappa shape index (κ2) is 6.38. The van der Waals surface area contributed by atoms with Gasteiger partial charge in [-0.1, -0.05) is 42.5 Å². The van der Waals surface area contributed by atoms with Gasteiger partial charge in [-0.15, -0.1) is 0 Å². The van der Waals surface area contributed by atoms with Crippen LogP contribution in [0, 0.1) is 6.92 Å². The molecule has 2 heterocycles. The van der Waals surface area contributed by atoms with E-state index in [0.29, 0.717) is 0 Å². The Morgan fingerprint density at radius 1 is 1.17 bits per heavy atom. The van der Waals surface area contributed by atoms with E-state index in [-0.39, 0.29) is 6.10 Å². The summed E-state index contributed by atoms with van der Waals surface area (Å²) in [4.78, 5) is 6.87. The van der Waals surface area contributed by atoms with Crippen LogP contribution in [0.2, 0.25) is 0 Å². The molecule has 0 radical (unpaired) electrons. The van der Waals surface area contributed by atoms with Gasteiger partial charge in [-0.3, -0.25) is 4.90 Å². The first-order chi connectivity index (χ1) is 11.7. The fraction of sp³-hybridized carbons (Fsp3) is 0.350. The van der Waals surface area contributed by atoms with Crippen molar-refractivity contribution in [2.75, 3.05) is 19.7 Å². The van der Waals surface area contributed by atoms with E-state index in [4.69, 9.17) is 4.74 Å². The summed E-state index contributed by atoms with van der Waals surface area (Å²) in [5, 5.41) is 2.57. The lowest BCUT2D eigenvalue weighted by Gasteiger charge is -2.33. The van der Waals surface area contributed by atoms with E-state index in [1.54, 1.807) is 0 Å². The fourth-order valence-electron chi connectivity index (χ4n) is 3.49. The van der Waals surface area contributed by atoms with Crippen molar-refractivity contribution in [2.45, 2.75) is 19.6 Å². The third-order valence-electron chi connectivity index (χ3n) is 5.02. The number of ether oxygens (including phenoxy) is 1. The lowest BCUT2D eigenvalue weighted by molar-refractivity contribution is -0.0328. The van der Waals surface area contributed by atoms with Gasteiger partial charge in [0.25, 0.3) is 0 Å². The average molecular weight is 321 g/mol. The molecule has 1 atom stereocenters. The van der Waals surface area contributed by atoms with Crippen molar-refractivity contribution in [3.8, 4) is 0 Å². The van der Waals surface area contributed by atoms with Crippen LogP contribution in [0.15, 0.2) is 48.7 Å². The summed E-state index contributed by atoms with van der Waals surface area (Å²) in [5.41, 5.74) is 2.55. The zero-order valence-corrected chi connectivity index (χ0v) is 14.3. The molecule has 0 saturated carbocycles. The van der Waals surface area contributed by atoms with Crippen molar-refractivity contribution in [3.05, 3.63) is 65.7 Å². The van der Waals surface area contributed by atoms with E-state index in [1.165, 1.54) is 22.0 Å². The third-order valence-corrected chi connectivity index (χ3v) is 5.02. The van der Waals surface area contributed by atoms with Gasteiger partial charge in [0, 0.05) is 32.9 Å². The Morgan fingerprint density at radius 3 is 2.83 bits per heavy atom. The van der Waals surface area contributed by atoms with Gasteiger partial charge in [-0.25, -0.2) is 4.98 Å². The molecule has 1 saturated heterocycles. The SMILES string of the molecule is Cc1ncc(CN2CCOC(c3cccc4ccccc34)C2)n1C. The van der Waals surface area contributed by atoms with Gasteiger partial charge in [0.1, 0.15) is 5.82 Å². The summed E-state index contributed by atoms with van der Waals surface area (Å²) in [6.07, 6.45) is 2.11. The molecule has 1 unspecified atom stereocenters. The highest BCUT2D eigenvalue weighted by molar-refractivity contribution is 5.86. The van der Waals surface area contributed by atoms with Crippen LogP contribution in [0.3, 0.4) is 0 Å². The molecular weight excluding hydrogens is 298 g/mol. The van der Waals surface area contributed by atoms with Gasteiger partial charge < -0.3 is 9.30 Å². The van der Waals surface area contributed by atoms with Crippen molar-refractivity contribution >= 4 is 10.8 Å². The quantitative estimate of drug-likeness (QED) is 0.740. The van der Waals surface area contributed by atoms with Crippen LogP contribution in [-0.4, -0.2) is 34.1 Å². The van der Waals surface area contributed by atoms with Crippen molar-refractivity contribution in [1.29, 1.82) is 0 Å². The van der Waals surface area contributed by atoms with Gasteiger partial charge >= 0.3 is 0 Å². The van der Waals surface area contributed by atoms with Gasteiger partial charge in [0.05, 0.1) is 18.4 Å². The molecule has 0 spiro atoms. The maximum Gasteiger partial charge on any atom is 0.105 e. The smallest absolute Gasteiger partial charge is 0.105 e. The maximum absolute atomic E-state index is 6.11. The summed E-state index contributed by atoms with van der Waals surface area (Å²) in [5.74, 6) is 1.06. The number of morpholine rings is 1. The Morgan fingerprint density at radius 2 is 2.00 bits per heavy atom. The van der Waals surface area contributed by atoms with Gasteiger partial charge in [-0.05, 0) is 23.3 Å². The number of nitrogens with zero attached hydrogens (tertiary/aromatic N) is 3. The zero-order valence-electron chi connectivity index (χ0n) is 14.3. The first-order valence-corrected chi connectivity index (χ1v) is 8.51. The molecule has 1 fully saturated rings. The molecule has 0 aliphatic carbocycles. The topological polar surface area (TPSA) is 30.3 Å². The van der Waals surface area contributed by atoms with E-state index in [9.17, 15) is 0 Å². The van der Waals surface area contributed by atoms with E-state index < -0.39 is 0 Å². The summed E-state index contributed by atoms with van der Waals surface area (Å²) >= 11 is 0. The summed E-state index contributed by atoms with van der Waals surface area (Å²) in [6, 6.07) is 15.0. The number of aromatic nitrogens is 2. The average Bonchev–Trinajstić information content (AvgIpc) is 2.93. The van der Waals surface area contributed by atoms with Crippen LogP contribution in [0.4, 0.5) is 0 Å². The minimum absolute atomic E-state index is 0.124. The predicted molar refractivity (Wildman–Crippen MR) is 95.9 cm³/mol. The number of hydrogen-bond acceptors (Lipinski definition) is 3. The highest BCUT2D eigenvalue weighted by Gasteiger charge is 2.24. The van der Waals surface area contributed by atoms with E-state index in [2.05, 4.69) is 64.0 Å². The monoisotopic (exact) mass is 321 g/mol. The van der Waals surface area contributed by atoms with E-state index >= 15 is 0 Å². The molecule has 3 aromatic rings. The van der Waals surface area contributed by atoms with Crippen LogP contribution < -0.4 is 0 Å². The molecule has 0 N–H and O–H groups in total. The van der Waals surface area contributed by atoms with Gasteiger partial charge in [-0.2, -0.15) is 0 Å². The molecule has 1 aliphatic heterocycles. The Labute approximate surface area is 142 Å². The van der Waals surface area contributed by atoms with Crippen LogP contribution in [0.1, 0.15) is 23.2 Å². The highest BCUT2D eigenvalue weighted by Crippen LogP contribution is 2.29. The molecule has 2 aromatic carbocycles. The lowest BCUT2D eigenvalue weighted by atomic mass is 9.99. The Kier molecular flexibility index (Phi) is 4.08. The Hall–Kier alpha value is -2.17. The highest BCUT2D eigenvalue weighted by atomic mass is 16.5. The number of benzene rings is 2. The minimum atomic E-state index is 0.124. The molecule has 4 heteroatoms. The molecule has 1 aromatic heterocycles. The number of hydrogen-bond donors (Lipinski definition) is 0. The molecule has 0 amide bonds. The largest absolute Gasteiger partial charge is 0.371 e. The predicted octanol–water partition coefficient (Wildman–Crippen LogP) is 3.46. The molecule has 1 aliphatic rings. The molecule has 4 rings (SSSR count). The molecule has 0 bridgehead atoms. The van der Waals surface area contributed by atoms with Crippen molar-refractivity contribution < 1.29 is 4.74 Å². The number of fused-ring (bicyclic) bond motifs is 1. The van der Waals surface area contributed by atoms with Crippen molar-refractivity contribution in [3.63, 3.8) is 0 Å². The Balaban J connectivity index is 1.57. The van der Waals surface area contributed by atoms with E-state index in [0.717, 1.165) is 32.1 Å². The fourth-order valence-corrected chi connectivity index (χ4v) is 3.49. The first kappa shape index (κ1) is 15.4. The second-order valence-electron chi connectivity index (χ2n) is 6.52. The summed E-state index contributed by atoms with van der Waals surface area (Å²) in [7, 11) is 2.08. The molecule has 4 nitrogen and oxygen atoms in total. The number of rotatable bonds is 3. The van der Waals surface area contributed by atoms with Crippen LogP contribution in [0.25, 0.3) is 10.8 Å². The molecule has 24 heavy (non-hydrogen) atoms. The third kappa shape index (κ3) is 2.83. The van der Waals surface area contributed by atoms with E-state index in [1.807, 2.05) is 13.1 Å². The van der Waals surface area contributed by atoms with Crippen molar-refractivity contribution in [1.82, 2.24) is 14.5 Å². The minimum Gasteiger partial charge on any atom is -0.371 e. The van der Waals surface area contributed by atoms with Crippen LogP contribution in [-0.2, 0) is 18.3 Å². The molecular formula is C20H23N3O. The second-order valence-corrected chi connectivity index (χ2v) is 6.52. The first-order valence-electron chi connectivity index (χ1n) is 8.51. The maximum atomic E-state index is 6.11. The van der Waals surface area contributed by atoms with Crippen molar-refractivity contribution in [2.24, 2.45) is 7.05 Å². The normalized spacial score (nSPS) is 19.0. The van der Waals surface area contributed by atoms with Gasteiger partial charge in [0.2, 0.25) is 0 Å². The summed E-state index contributed by atoms with van der Waals surface area (Å²) < 4.78 is 8.28.